The third-order valence-electron chi connectivity index (χ3n) is 3.16. The molecule has 0 fully saturated rings. The zero-order valence-corrected chi connectivity index (χ0v) is 13.8. The first-order chi connectivity index (χ1) is 11.7. The molecule has 0 aliphatic rings. The van der Waals surface area contributed by atoms with Gasteiger partial charge < -0.3 is 14.8 Å². The zero-order chi connectivity index (χ0) is 17.2. The van der Waals surface area contributed by atoms with Crippen molar-refractivity contribution >= 4 is 17.8 Å². The van der Waals surface area contributed by atoms with Crippen LogP contribution in [0.4, 0.5) is 5.69 Å². The Morgan fingerprint density at radius 3 is 2.58 bits per heavy atom. The van der Waals surface area contributed by atoms with E-state index in [0.29, 0.717) is 12.4 Å². The number of carbonyl (C=O) groups excluding carboxylic acids is 1. The van der Waals surface area contributed by atoms with E-state index in [1.165, 1.54) is 0 Å². The van der Waals surface area contributed by atoms with Crippen LogP contribution in [0.2, 0.25) is 0 Å². The average molecular weight is 327 g/mol. The van der Waals surface area contributed by atoms with Crippen molar-refractivity contribution in [1.29, 1.82) is 0 Å². The number of nitrogens with one attached hydrogen (secondary N) is 2. The minimum Gasteiger partial charge on any atom is -0.495 e. The maximum atomic E-state index is 11.9. The normalized spacial score (nSPS) is 10.4. The number of anilines is 1. The van der Waals surface area contributed by atoms with Crippen LogP contribution in [-0.2, 0) is 4.79 Å². The van der Waals surface area contributed by atoms with Gasteiger partial charge in [-0.05, 0) is 31.2 Å². The minimum atomic E-state index is -0.258. The van der Waals surface area contributed by atoms with Crippen LogP contribution in [-0.4, -0.2) is 32.4 Å². The Morgan fingerprint density at radius 1 is 1.12 bits per heavy atom. The summed E-state index contributed by atoms with van der Waals surface area (Å²) in [5.41, 5.74) is 4.03. The molecule has 0 unspecified atom stereocenters. The number of nitrogens with zero attached hydrogens (tertiary/aromatic N) is 1. The molecule has 2 rings (SSSR count). The molecule has 6 nitrogen and oxygen atoms in total. The van der Waals surface area contributed by atoms with E-state index >= 15 is 0 Å². The molecule has 0 heterocycles. The molecule has 2 N–H and O–H groups in total. The summed E-state index contributed by atoms with van der Waals surface area (Å²) in [6.45, 7) is 2.57. The molecular formula is C18H21N3O3. The fourth-order valence-electron chi connectivity index (χ4n) is 2.05. The van der Waals surface area contributed by atoms with Gasteiger partial charge in [-0.1, -0.05) is 24.3 Å². The molecule has 0 aromatic heterocycles. The molecular weight excluding hydrogens is 306 g/mol. The summed E-state index contributed by atoms with van der Waals surface area (Å²) < 4.78 is 10.7. The Morgan fingerprint density at radius 2 is 1.83 bits per heavy atom. The number of methoxy groups -OCH3 is 1. The Kier molecular flexibility index (Phi) is 6.64. The fourth-order valence-corrected chi connectivity index (χ4v) is 2.05. The molecule has 24 heavy (non-hydrogen) atoms. The number of rotatable bonds is 8. The summed E-state index contributed by atoms with van der Waals surface area (Å²) in [4.78, 5) is 11.9. The second-order valence-corrected chi connectivity index (χ2v) is 4.82. The second kappa shape index (κ2) is 9.19. The number of para-hydroxylation sites is 3. The Labute approximate surface area is 141 Å². The van der Waals surface area contributed by atoms with Crippen molar-refractivity contribution < 1.29 is 14.3 Å². The fraction of sp³-hybridized carbons (Fsp3) is 0.222. The van der Waals surface area contributed by atoms with E-state index in [1.807, 2.05) is 55.5 Å². The minimum absolute atomic E-state index is 0.0881. The van der Waals surface area contributed by atoms with Gasteiger partial charge in [-0.2, -0.15) is 5.10 Å². The third-order valence-corrected chi connectivity index (χ3v) is 3.16. The summed E-state index contributed by atoms with van der Waals surface area (Å²) >= 11 is 0. The quantitative estimate of drug-likeness (QED) is 0.577. The largest absolute Gasteiger partial charge is 0.495 e. The predicted molar refractivity (Wildman–Crippen MR) is 94.8 cm³/mol. The number of ether oxygens (including phenoxy) is 2. The van der Waals surface area contributed by atoms with Crippen molar-refractivity contribution in [2.45, 2.75) is 6.92 Å². The Hall–Kier alpha value is -3.02. The highest BCUT2D eigenvalue weighted by Crippen LogP contribution is 2.22. The highest BCUT2D eigenvalue weighted by atomic mass is 16.5. The highest BCUT2D eigenvalue weighted by Gasteiger charge is 2.04. The lowest BCUT2D eigenvalue weighted by molar-refractivity contribution is -0.119. The van der Waals surface area contributed by atoms with E-state index in [4.69, 9.17) is 9.47 Å². The van der Waals surface area contributed by atoms with Crippen molar-refractivity contribution in [2.75, 3.05) is 25.6 Å². The maximum absolute atomic E-state index is 11.9. The van der Waals surface area contributed by atoms with Gasteiger partial charge in [-0.3, -0.25) is 4.79 Å². The van der Waals surface area contributed by atoms with E-state index in [0.717, 1.165) is 17.0 Å². The number of hydrogen-bond acceptors (Lipinski definition) is 5. The monoisotopic (exact) mass is 327 g/mol. The van der Waals surface area contributed by atoms with Crippen LogP contribution < -0.4 is 20.2 Å². The molecule has 0 bridgehead atoms. The smallest absolute Gasteiger partial charge is 0.259 e. The van der Waals surface area contributed by atoms with Crippen molar-refractivity contribution in [3.63, 3.8) is 0 Å². The molecule has 0 spiro atoms. The van der Waals surface area contributed by atoms with Crippen molar-refractivity contribution in [2.24, 2.45) is 5.10 Å². The second-order valence-electron chi connectivity index (χ2n) is 4.82. The Balaban J connectivity index is 1.87. The van der Waals surface area contributed by atoms with Crippen LogP contribution in [0.3, 0.4) is 0 Å². The molecule has 126 valence electrons. The number of benzene rings is 2. The number of carbonyl (C=O) groups is 1. The molecule has 0 saturated carbocycles. The topological polar surface area (TPSA) is 72.0 Å². The van der Waals surface area contributed by atoms with Gasteiger partial charge >= 0.3 is 0 Å². The summed E-state index contributed by atoms with van der Waals surface area (Å²) in [5, 5.41) is 6.97. The average Bonchev–Trinajstić information content (AvgIpc) is 2.62. The van der Waals surface area contributed by atoms with E-state index in [9.17, 15) is 4.79 Å². The first kappa shape index (κ1) is 17.3. The predicted octanol–water partition coefficient (Wildman–Crippen LogP) is 2.66. The van der Waals surface area contributed by atoms with Gasteiger partial charge in [0.05, 0.1) is 32.2 Å². The van der Waals surface area contributed by atoms with Crippen LogP contribution in [0.15, 0.2) is 53.6 Å². The van der Waals surface area contributed by atoms with Gasteiger partial charge in [-0.15, -0.1) is 0 Å². The Bertz CT molecular complexity index is 701. The van der Waals surface area contributed by atoms with Crippen LogP contribution in [0.1, 0.15) is 12.5 Å². The zero-order valence-electron chi connectivity index (χ0n) is 13.8. The van der Waals surface area contributed by atoms with Gasteiger partial charge in [-0.25, -0.2) is 5.43 Å². The molecule has 0 atom stereocenters. The van der Waals surface area contributed by atoms with E-state index in [2.05, 4.69) is 15.8 Å². The van der Waals surface area contributed by atoms with Crippen molar-refractivity contribution in [3.8, 4) is 11.5 Å². The van der Waals surface area contributed by atoms with E-state index < -0.39 is 0 Å². The summed E-state index contributed by atoms with van der Waals surface area (Å²) in [6, 6.07) is 14.9. The summed E-state index contributed by atoms with van der Waals surface area (Å²) in [5.74, 6) is 1.15. The standard InChI is InChI=1S/C18H21N3O3/c1-3-24-16-10-6-4-8-14(16)12-20-21-18(22)13-19-15-9-5-7-11-17(15)23-2/h4-12,19H,3,13H2,1-2H3,(H,21,22). The van der Waals surface area contributed by atoms with E-state index in [1.54, 1.807) is 13.3 Å². The van der Waals surface area contributed by atoms with E-state index in [-0.39, 0.29) is 12.5 Å². The van der Waals surface area contributed by atoms with Crippen molar-refractivity contribution in [3.05, 3.63) is 54.1 Å². The maximum Gasteiger partial charge on any atom is 0.259 e. The number of amides is 1. The molecule has 0 saturated heterocycles. The summed E-state index contributed by atoms with van der Waals surface area (Å²) in [7, 11) is 1.58. The summed E-state index contributed by atoms with van der Waals surface area (Å²) in [6.07, 6.45) is 1.56. The molecule has 2 aromatic rings. The van der Waals surface area contributed by atoms with Gasteiger partial charge in [0.1, 0.15) is 11.5 Å². The lowest BCUT2D eigenvalue weighted by atomic mass is 10.2. The third kappa shape index (κ3) is 5.01. The van der Waals surface area contributed by atoms with Crippen LogP contribution in [0.5, 0.6) is 11.5 Å². The molecule has 6 heteroatoms. The first-order valence-corrected chi connectivity index (χ1v) is 7.65. The first-order valence-electron chi connectivity index (χ1n) is 7.65. The van der Waals surface area contributed by atoms with Crippen LogP contribution >= 0.6 is 0 Å². The van der Waals surface area contributed by atoms with Gasteiger partial charge in [0.25, 0.3) is 5.91 Å². The van der Waals surface area contributed by atoms with Crippen LogP contribution in [0.25, 0.3) is 0 Å². The lowest BCUT2D eigenvalue weighted by Crippen LogP contribution is -2.26. The number of hydrazone groups is 1. The van der Waals surface area contributed by atoms with Gasteiger partial charge in [0.2, 0.25) is 0 Å². The molecule has 2 aromatic carbocycles. The molecule has 0 aliphatic carbocycles. The van der Waals surface area contributed by atoms with Crippen molar-refractivity contribution in [1.82, 2.24) is 5.43 Å². The molecule has 1 amide bonds. The number of hydrogen-bond donors (Lipinski definition) is 2. The lowest BCUT2D eigenvalue weighted by Gasteiger charge is -2.09. The highest BCUT2D eigenvalue weighted by molar-refractivity contribution is 5.86. The van der Waals surface area contributed by atoms with Crippen LogP contribution in [0, 0.1) is 0 Å². The molecule has 0 radical (unpaired) electrons. The molecule has 0 aliphatic heterocycles. The van der Waals surface area contributed by atoms with Gasteiger partial charge in [0, 0.05) is 5.56 Å². The SMILES string of the molecule is CCOc1ccccc1C=NNC(=O)CNc1ccccc1OC. The van der Waals surface area contributed by atoms with Gasteiger partial charge in [0.15, 0.2) is 0 Å².